The molecule has 0 radical (unpaired) electrons. The van der Waals surface area contributed by atoms with Gasteiger partial charge in [-0.05, 0) is 0 Å². The van der Waals surface area contributed by atoms with Crippen LogP contribution in [0.25, 0.3) is 0 Å². The summed E-state index contributed by atoms with van der Waals surface area (Å²) in [4.78, 5) is 11.0. The van der Waals surface area contributed by atoms with Gasteiger partial charge in [-0.3, -0.25) is 4.79 Å². The standard InChI is InChI=1S/C9H9NO4/c1-12-6-3-8-7(13-4-14-8)2-5(6)9(10)11/h2-3H,4H2,1H3,(H2,10,11). The van der Waals surface area contributed by atoms with E-state index in [0.717, 1.165) is 0 Å². The maximum Gasteiger partial charge on any atom is 0.252 e. The summed E-state index contributed by atoms with van der Waals surface area (Å²) >= 11 is 0. The van der Waals surface area contributed by atoms with Gasteiger partial charge in [0.05, 0.1) is 12.7 Å². The minimum absolute atomic E-state index is 0.153. The molecule has 14 heavy (non-hydrogen) atoms. The highest BCUT2D eigenvalue weighted by atomic mass is 16.7. The average molecular weight is 195 g/mol. The highest BCUT2D eigenvalue weighted by molar-refractivity contribution is 5.96. The van der Waals surface area contributed by atoms with Crippen LogP contribution in [-0.2, 0) is 0 Å². The summed E-state index contributed by atoms with van der Waals surface area (Å²) in [5.41, 5.74) is 5.46. The zero-order chi connectivity index (χ0) is 10.1. The van der Waals surface area contributed by atoms with Crippen molar-refractivity contribution in [1.82, 2.24) is 0 Å². The number of primary amides is 1. The van der Waals surface area contributed by atoms with Crippen LogP contribution in [0.2, 0.25) is 0 Å². The fourth-order valence-corrected chi connectivity index (χ4v) is 1.28. The Morgan fingerprint density at radius 1 is 1.43 bits per heavy atom. The van der Waals surface area contributed by atoms with Gasteiger partial charge in [0.25, 0.3) is 5.91 Å². The van der Waals surface area contributed by atoms with Crippen molar-refractivity contribution in [3.05, 3.63) is 17.7 Å². The topological polar surface area (TPSA) is 70.8 Å². The Bertz CT molecular complexity index is 389. The number of nitrogens with two attached hydrogens (primary N) is 1. The zero-order valence-corrected chi connectivity index (χ0v) is 7.57. The molecule has 1 aromatic rings. The maximum absolute atomic E-state index is 11.0. The number of benzene rings is 1. The summed E-state index contributed by atoms with van der Waals surface area (Å²) < 4.78 is 15.2. The lowest BCUT2D eigenvalue weighted by molar-refractivity contribution is 0.0997. The molecule has 0 atom stereocenters. The highest BCUT2D eigenvalue weighted by Crippen LogP contribution is 2.37. The van der Waals surface area contributed by atoms with Gasteiger partial charge in [0.15, 0.2) is 11.5 Å². The second-order valence-electron chi connectivity index (χ2n) is 2.77. The number of carbonyl (C=O) groups is 1. The van der Waals surface area contributed by atoms with Crippen molar-refractivity contribution in [3.63, 3.8) is 0 Å². The Balaban J connectivity index is 2.54. The molecule has 2 rings (SSSR count). The van der Waals surface area contributed by atoms with E-state index in [-0.39, 0.29) is 12.4 Å². The van der Waals surface area contributed by atoms with Crippen molar-refractivity contribution < 1.29 is 19.0 Å². The van der Waals surface area contributed by atoms with Crippen LogP contribution in [0.4, 0.5) is 0 Å². The largest absolute Gasteiger partial charge is 0.496 e. The van der Waals surface area contributed by atoms with Crippen molar-refractivity contribution in [2.75, 3.05) is 13.9 Å². The van der Waals surface area contributed by atoms with Gasteiger partial charge in [-0.1, -0.05) is 0 Å². The summed E-state index contributed by atoms with van der Waals surface area (Å²) in [6, 6.07) is 3.10. The number of fused-ring (bicyclic) bond motifs is 1. The first kappa shape index (κ1) is 8.68. The van der Waals surface area contributed by atoms with Crippen LogP contribution in [0.1, 0.15) is 10.4 Å². The Morgan fingerprint density at radius 3 is 2.64 bits per heavy atom. The number of carbonyl (C=O) groups excluding carboxylic acids is 1. The lowest BCUT2D eigenvalue weighted by Crippen LogP contribution is -2.12. The first-order chi connectivity index (χ1) is 6.72. The molecule has 0 spiro atoms. The second kappa shape index (κ2) is 3.10. The molecule has 5 nitrogen and oxygen atoms in total. The minimum Gasteiger partial charge on any atom is -0.496 e. The maximum atomic E-state index is 11.0. The van der Waals surface area contributed by atoms with Gasteiger partial charge in [-0.15, -0.1) is 0 Å². The molecule has 1 aromatic carbocycles. The molecule has 0 bridgehead atoms. The van der Waals surface area contributed by atoms with E-state index >= 15 is 0 Å². The van der Waals surface area contributed by atoms with Gasteiger partial charge < -0.3 is 19.9 Å². The van der Waals surface area contributed by atoms with Crippen LogP contribution < -0.4 is 19.9 Å². The number of amides is 1. The molecule has 5 heteroatoms. The van der Waals surface area contributed by atoms with E-state index in [1.165, 1.54) is 13.2 Å². The van der Waals surface area contributed by atoms with Gasteiger partial charge in [-0.2, -0.15) is 0 Å². The van der Waals surface area contributed by atoms with Crippen LogP contribution in [0, 0.1) is 0 Å². The monoisotopic (exact) mass is 195 g/mol. The van der Waals surface area contributed by atoms with E-state index in [9.17, 15) is 4.79 Å². The molecule has 1 amide bonds. The van der Waals surface area contributed by atoms with Crippen molar-refractivity contribution in [1.29, 1.82) is 0 Å². The van der Waals surface area contributed by atoms with E-state index in [0.29, 0.717) is 17.2 Å². The summed E-state index contributed by atoms with van der Waals surface area (Å²) in [6.45, 7) is 0.153. The van der Waals surface area contributed by atoms with E-state index in [4.69, 9.17) is 19.9 Å². The Morgan fingerprint density at radius 2 is 2.07 bits per heavy atom. The fraction of sp³-hybridized carbons (Fsp3) is 0.222. The van der Waals surface area contributed by atoms with Crippen molar-refractivity contribution in [2.45, 2.75) is 0 Å². The van der Waals surface area contributed by atoms with E-state index in [2.05, 4.69) is 0 Å². The number of hydrogen-bond donors (Lipinski definition) is 1. The van der Waals surface area contributed by atoms with E-state index in [1.54, 1.807) is 6.07 Å². The first-order valence-electron chi connectivity index (χ1n) is 4.00. The normalized spacial score (nSPS) is 12.6. The number of hydrogen-bond acceptors (Lipinski definition) is 4. The Kier molecular flexibility index (Phi) is 1.92. The van der Waals surface area contributed by atoms with Crippen LogP contribution in [0.15, 0.2) is 12.1 Å². The van der Waals surface area contributed by atoms with Crippen LogP contribution >= 0.6 is 0 Å². The molecule has 0 aliphatic carbocycles. The van der Waals surface area contributed by atoms with Crippen LogP contribution in [-0.4, -0.2) is 19.8 Å². The summed E-state index contributed by atoms with van der Waals surface area (Å²) in [5.74, 6) is 0.911. The molecule has 0 fully saturated rings. The number of ether oxygens (including phenoxy) is 3. The van der Waals surface area contributed by atoms with Gasteiger partial charge in [0.2, 0.25) is 6.79 Å². The molecule has 1 heterocycles. The van der Waals surface area contributed by atoms with Crippen LogP contribution in [0.3, 0.4) is 0 Å². The molecule has 0 saturated carbocycles. The Hall–Kier alpha value is -1.91. The lowest BCUT2D eigenvalue weighted by Gasteiger charge is -2.06. The quantitative estimate of drug-likeness (QED) is 0.746. The Labute approximate surface area is 80.4 Å². The number of methoxy groups -OCH3 is 1. The van der Waals surface area contributed by atoms with Crippen molar-refractivity contribution >= 4 is 5.91 Å². The minimum atomic E-state index is -0.555. The van der Waals surface area contributed by atoms with Gasteiger partial charge >= 0.3 is 0 Å². The SMILES string of the molecule is COc1cc2c(cc1C(N)=O)OCO2. The van der Waals surface area contributed by atoms with E-state index < -0.39 is 5.91 Å². The average Bonchev–Trinajstić information content (AvgIpc) is 2.62. The molecular formula is C9H9NO4. The molecule has 0 saturated heterocycles. The number of rotatable bonds is 2. The second-order valence-corrected chi connectivity index (χ2v) is 2.77. The zero-order valence-electron chi connectivity index (χ0n) is 7.57. The van der Waals surface area contributed by atoms with Gasteiger partial charge in [-0.25, -0.2) is 0 Å². The van der Waals surface area contributed by atoms with E-state index in [1.807, 2.05) is 0 Å². The van der Waals surface area contributed by atoms with Gasteiger partial charge in [0, 0.05) is 12.1 Å². The summed E-state index contributed by atoms with van der Waals surface area (Å²) in [5, 5.41) is 0. The third-order valence-corrected chi connectivity index (χ3v) is 1.96. The third-order valence-electron chi connectivity index (χ3n) is 1.96. The van der Waals surface area contributed by atoms with Crippen LogP contribution in [0.5, 0.6) is 17.2 Å². The first-order valence-corrected chi connectivity index (χ1v) is 4.00. The summed E-state index contributed by atoms with van der Waals surface area (Å²) in [7, 11) is 1.46. The predicted octanol–water partition coefficient (Wildman–Crippen LogP) is 0.523. The molecule has 2 N–H and O–H groups in total. The van der Waals surface area contributed by atoms with Crippen molar-refractivity contribution in [3.8, 4) is 17.2 Å². The fourth-order valence-electron chi connectivity index (χ4n) is 1.28. The molecule has 1 aliphatic heterocycles. The lowest BCUT2D eigenvalue weighted by atomic mass is 10.1. The van der Waals surface area contributed by atoms with Crippen molar-refractivity contribution in [2.24, 2.45) is 5.73 Å². The predicted molar refractivity (Wildman–Crippen MR) is 47.6 cm³/mol. The smallest absolute Gasteiger partial charge is 0.252 e. The molecule has 74 valence electrons. The summed E-state index contributed by atoms with van der Waals surface area (Å²) in [6.07, 6.45) is 0. The molecule has 1 aliphatic rings. The third kappa shape index (κ3) is 1.22. The molecule has 0 unspecified atom stereocenters. The highest BCUT2D eigenvalue weighted by Gasteiger charge is 2.19. The molecule has 0 aromatic heterocycles. The molecular weight excluding hydrogens is 186 g/mol. The van der Waals surface area contributed by atoms with Gasteiger partial charge in [0.1, 0.15) is 5.75 Å².